The minimum Gasteiger partial charge on any atom is -0.476 e. The molecule has 2 N–H and O–H groups in total. The van der Waals surface area contributed by atoms with E-state index in [-0.39, 0.29) is 30.6 Å². The van der Waals surface area contributed by atoms with Gasteiger partial charge in [0, 0.05) is 18.5 Å². The molecule has 1 saturated carbocycles. The van der Waals surface area contributed by atoms with Crippen LogP contribution in [0.1, 0.15) is 29.8 Å². The van der Waals surface area contributed by atoms with Crippen molar-refractivity contribution in [3.63, 3.8) is 0 Å². The number of aryl methyl sites for hydroxylation is 1. The second kappa shape index (κ2) is 4.99. The normalized spacial score (nSPS) is 14.2. The van der Waals surface area contributed by atoms with Gasteiger partial charge in [0.05, 0.1) is 6.54 Å². The highest BCUT2D eigenvalue weighted by Gasteiger charge is 2.23. The lowest BCUT2D eigenvalue weighted by molar-refractivity contribution is -0.121. The summed E-state index contributed by atoms with van der Waals surface area (Å²) < 4.78 is 0.996. The molecule has 18 heavy (non-hydrogen) atoms. The second-order valence-corrected chi connectivity index (χ2v) is 4.18. The Labute approximate surface area is 102 Å². The van der Waals surface area contributed by atoms with Crippen molar-refractivity contribution in [3.8, 4) is 0 Å². The number of hydrogen-bond acceptors (Lipinski definition) is 4. The van der Waals surface area contributed by atoms with Crippen molar-refractivity contribution in [1.29, 1.82) is 0 Å². The molecule has 1 aliphatic rings. The maximum Gasteiger partial charge on any atom is 0.356 e. The number of carbonyl (C=O) groups is 2. The molecule has 0 radical (unpaired) electrons. The Balaban J connectivity index is 1.98. The van der Waals surface area contributed by atoms with Crippen molar-refractivity contribution in [3.05, 3.63) is 28.2 Å². The Bertz CT molecular complexity index is 533. The number of nitrogens with zero attached hydrogens (tertiary/aromatic N) is 2. The van der Waals surface area contributed by atoms with Gasteiger partial charge in [-0.25, -0.2) is 9.48 Å². The van der Waals surface area contributed by atoms with Crippen molar-refractivity contribution in [2.24, 2.45) is 0 Å². The first-order chi connectivity index (χ1) is 8.56. The summed E-state index contributed by atoms with van der Waals surface area (Å²) in [6.45, 7) is 0.0819. The molecule has 0 aromatic carbocycles. The summed E-state index contributed by atoms with van der Waals surface area (Å²) in [5.41, 5.74) is -0.628. The summed E-state index contributed by atoms with van der Waals surface area (Å²) in [5, 5.41) is 15.2. The fourth-order valence-corrected chi connectivity index (χ4v) is 1.46. The zero-order chi connectivity index (χ0) is 13.1. The first-order valence-electron chi connectivity index (χ1n) is 5.67. The molecule has 7 heteroatoms. The minimum atomic E-state index is -1.20. The number of hydrogen-bond donors (Lipinski definition) is 2. The van der Waals surface area contributed by atoms with Crippen LogP contribution in [0.15, 0.2) is 16.9 Å². The van der Waals surface area contributed by atoms with Crippen molar-refractivity contribution >= 4 is 11.9 Å². The van der Waals surface area contributed by atoms with Gasteiger partial charge >= 0.3 is 5.97 Å². The van der Waals surface area contributed by atoms with Gasteiger partial charge in [-0.3, -0.25) is 9.59 Å². The van der Waals surface area contributed by atoms with Crippen LogP contribution >= 0.6 is 0 Å². The third kappa shape index (κ3) is 3.16. The van der Waals surface area contributed by atoms with E-state index >= 15 is 0 Å². The van der Waals surface area contributed by atoms with Crippen LogP contribution in [0, 0.1) is 0 Å². The Morgan fingerprint density at radius 2 is 2.17 bits per heavy atom. The van der Waals surface area contributed by atoms with E-state index in [9.17, 15) is 14.4 Å². The predicted octanol–water partition coefficient (Wildman–Crippen LogP) is -0.390. The van der Waals surface area contributed by atoms with E-state index in [0.717, 1.165) is 29.7 Å². The number of carbonyl (C=O) groups excluding carboxylic acids is 1. The highest BCUT2D eigenvalue weighted by Crippen LogP contribution is 2.18. The maximum absolute atomic E-state index is 11.4. The average Bonchev–Trinajstić information content (AvgIpc) is 3.11. The fourth-order valence-electron chi connectivity index (χ4n) is 1.46. The van der Waals surface area contributed by atoms with Crippen LogP contribution < -0.4 is 10.9 Å². The largest absolute Gasteiger partial charge is 0.476 e. The Morgan fingerprint density at radius 3 is 2.78 bits per heavy atom. The summed E-state index contributed by atoms with van der Waals surface area (Å²) in [6.07, 6.45) is 2.11. The van der Waals surface area contributed by atoms with Crippen molar-refractivity contribution in [1.82, 2.24) is 15.1 Å². The fraction of sp³-hybridized carbons (Fsp3) is 0.455. The van der Waals surface area contributed by atoms with Crippen LogP contribution in [0.2, 0.25) is 0 Å². The molecular weight excluding hydrogens is 238 g/mol. The summed E-state index contributed by atoms with van der Waals surface area (Å²) in [4.78, 5) is 33.5. The van der Waals surface area contributed by atoms with Gasteiger partial charge in [-0.05, 0) is 18.9 Å². The van der Waals surface area contributed by atoms with Gasteiger partial charge in [0.2, 0.25) is 5.91 Å². The molecular formula is C11H13N3O4. The first kappa shape index (κ1) is 12.3. The summed E-state index contributed by atoms with van der Waals surface area (Å²) in [7, 11) is 0. The van der Waals surface area contributed by atoms with Crippen LogP contribution in [-0.4, -0.2) is 32.8 Å². The number of carboxylic acids is 1. The third-order valence-corrected chi connectivity index (χ3v) is 2.58. The van der Waals surface area contributed by atoms with Gasteiger partial charge in [0.1, 0.15) is 0 Å². The van der Waals surface area contributed by atoms with Crippen molar-refractivity contribution in [2.45, 2.75) is 31.8 Å². The molecule has 0 unspecified atom stereocenters. The number of aromatic carboxylic acids is 1. The van der Waals surface area contributed by atoms with Crippen LogP contribution in [0.3, 0.4) is 0 Å². The standard InChI is InChI=1S/C11H13N3O4/c15-9(12-7-1-2-7)5-6-14-10(16)4-3-8(13-14)11(17)18/h3-4,7H,1-2,5-6H2,(H,12,15)(H,17,18). The van der Waals surface area contributed by atoms with Crippen molar-refractivity contribution < 1.29 is 14.7 Å². The van der Waals surface area contributed by atoms with E-state index in [4.69, 9.17) is 5.11 Å². The highest BCUT2D eigenvalue weighted by molar-refractivity contribution is 5.84. The number of rotatable bonds is 5. The Morgan fingerprint density at radius 1 is 1.44 bits per heavy atom. The number of nitrogens with one attached hydrogen (secondary N) is 1. The number of carboxylic acid groups (broad SMARTS) is 1. The monoisotopic (exact) mass is 251 g/mol. The molecule has 1 fully saturated rings. The van der Waals surface area contributed by atoms with Gasteiger partial charge < -0.3 is 10.4 Å². The molecule has 2 rings (SSSR count). The average molecular weight is 251 g/mol. The molecule has 1 amide bonds. The van der Waals surface area contributed by atoms with E-state index in [1.54, 1.807) is 0 Å². The van der Waals surface area contributed by atoms with E-state index in [1.807, 2.05) is 0 Å². The van der Waals surface area contributed by atoms with Crippen LogP contribution in [0.5, 0.6) is 0 Å². The van der Waals surface area contributed by atoms with Crippen LogP contribution in [0.4, 0.5) is 0 Å². The summed E-state index contributed by atoms with van der Waals surface area (Å²) >= 11 is 0. The van der Waals surface area contributed by atoms with E-state index < -0.39 is 11.5 Å². The SMILES string of the molecule is O=C(CCn1nc(C(=O)O)ccc1=O)NC1CC1. The lowest BCUT2D eigenvalue weighted by Gasteiger charge is -2.05. The summed E-state index contributed by atoms with van der Waals surface area (Å²) in [5.74, 6) is -1.35. The topological polar surface area (TPSA) is 101 Å². The van der Waals surface area contributed by atoms with E-state index in [1.165, 1.54) is 0 Å². The van der Waals surface area contributed by atoms with Gasteiger partial charge in [-0.2, -0.15) is 5.10 Å². The molecule has 0 aliphatic heterocycles. The molecule has 1 aromatic heterocycles. The first-order valence-corrected chi connectivity index (χ1v) is 5.67. The molecule has 1 aliphatic carbocycles. The van der Waals surface area contributed by atoms with Crippen LogP contribution in [-0.2, 0) is 11.3 Å². The van der Waals surface area contributed by atoms with Crippen molar-refractivity contribution in [2.75, 3.05) is 0 Å². The maximum atomic E-state index is 11.4. The minimum absolute atomic E-state index is 0.0819. The molecule has 1 aromatic rings. The van der Waals surface area contributed by atoms with Crippen LogP contribution in [0.25, 0.3) is 0 Å². The molecule has 0 saturated heterocycles. The smallest absolute Gasteiger partial charge is 0.356 e. The molecule has 96 valence electrons. The number of amides is 1. The predicted molar refractivity (Wildman–Crippen MR) is 61.2 cm³/mol. The van der Waals surface area contributed by atoms with Gasteiger partial charge in [0.25, 0.3) is 5.56 Å². The van der Waals surface area contributed by atoms with Gasteiger partial charge in [0.15, 0.2) is 5.69 Å². The Kier molecular flexibility index (Phi) is 3.40. The molecule has 0 bridgehead atoms. The third-order valence-electron chi connectivity index (χ3n) is 2.58. The zero-order valence-corrected chi connectivity index (χ0v) is 9.63. The molecule has 0 spiro atoms. The molecule has 0 atom stereocenters. The van der Waals surface area contributed by atoms with Gasteiger partial charge in [-0.1, -0.05) is 0 Å². The molecule has 1 heterocycles. The lowest BCUT2D eigenvalue weighted by atomic mass is 10.3. The zero-order valence-electron chi connectivity index (χ0n) is 9.63. The quantitative estimate of drug-likeness (QED) is 0.742. The summed E-state index contributed by atoms with van der Waals surface area (Å²) in [6, 6.07) is 2.55. The molecule has 7 nitrogen and oxygen atoms in total. The van der Waals surface area contributed by atoms with E-state index in [0.29, 0.717) is 0 Å². The van der Waals surface area contributed by atoms with Gasteiger partial charge in [-0.15, -0.1) is 0 Å². The van der Waals surface area contributed by atoms with E-state index in [2.05, 4.69) is 10.4 Å². The lowest BCUT2D eigenvalue weighted by Crippen LogP contribution is -2.30. The Hall–Kier alpha value is -2.18. The number of aromatic nitrogens is 2. The highest BCUT2D eigenvalue weighted by atomic mass is 16.4. The second-order valence-electron chi connectivity index (χ2n) is 4.18.